The molecule has 0 amide bonds. The van der Waals surface area contributed by atoms with E-state index in [9.17, 15) is 4.79 Å². The highest BCUT2D eigenvalue weighted by molar-refractivity contribution is 5.85. The zero-order chi connectivity index (χ0) is 14.7. The minimum atomic E-state index is -0.976. The van der Waals surface area contributed by atoms with E-state index in [-0.39, 0.29) is 5.69 Å². The van der Waals surface area contributed by atoms with Crippen LogP contribution in [-0.2, 0) is 6.54 Å². The molecule has 1 heterocycles. The zero-order valence-corrected chi connectivity index (χ0v) is 12.2. The summed E-state index contributed by atoms with van der Waals surface area (Å²) < 4.78 is 0. The first-order chi connectivity index (χ1) is 10.2. The lowest BCUT2D eigenvalue weighted by molar-refractivity contribution is 0.0690. The van der Waals surface area contributed by atoms with Crippen LogP contribution in [0, 0.1) is 0 Å². The van der Waals surface area contributed by atoms with Crippen molar-refractivity contribution < 1.29 is 9.90 Å². The Balaban J connectivity index is 1.40. The summed E-state index contributed by atoms with van der Waals surface area (Å²) in [5.41, 5.74) is 1.14. The van der Waals surface area contributed by atoms with E-state index in [0.29, 0.717) is 12.1 Å². The molecular weight excluding hydrogens is 266 g/mol. The van der Waals surface area contributed by atoms with Gasteiger partial charge in [0.25, 0.3) is 0 Å². The quantitative estimate of drug-likeness (QED) is 0.746. The Morgan fingerprint density at radius 2 is 1.71 bits per heavy atom. The molecule has 0 saturated heterocycles. The molecular formula is C16H23N3O2. The van der Waals surface area contributed by atoms with Crippen molar-refractivity contribution in [3.8, 4) is 0 Å². The number of nitrogens with one attached hydrogen (secondary N) is 2. The summed E-state index contributed by atoms with van der Waals surface area (Å²) in [7, 11) is 0. The second-order valence-electron chi connectivity index (χ2n) is 6.23. The Labute approximate surface area is 125 Å². The van der Waals surface area contributed by atoms with Crippen molar-refractivity contribution >= 4 is 5.97 Å². The van der Waals surface area contributed by atoms with Crippen LogP contribution in [0.4, 0.5) is 0 Å². The van der Waals surface area contributed by atoms with Gasteiger partial charge in [0.15, 0.2) is 0 Å². The number of hydrogen-bond acceptors (Lipinski definition) is 4. The fourth-order valence-corrected chi connectivity index (χ4v) is 2.97. The van der Waals surface area contributed by atoms with Gasteiger partial charge in [-0.3, -0.25) is 0 Å². The molecule has 0 aromatic carbocycles. The maximum atomic E-state index is 10.7. The maximum Gasteiger partial charge on any atom is 0.354 e. The Kier molecular flexibility index (Phi) is 4.51. The fraction of sp³-hybridized carbons (Fsp3) is 0.625. The SMILES string of the molecule is O=C(O)c1ccc(CNC2CCC(NC3CC3)CC2)cn1. The third-order valence-electron chi connectivity index (χ3n) is 4.41. The molecule has 0 atom stereocenters. The van der Waals surface area contributed by atoms with Crippen LogP contribution in [0.5, 0.6) is 0 Å². The lowest BCUT2D eigenvalue weighted by Gasteiger charge is -2.30. The van der Waals surface area contributed by atoms with Crippen molar-refractivity contribution in [1.82, 2.24) is 15.6 Å². The smallest absolute Gasteiger partial charge is 0.354 e. The van der Waals surface area contributed by atoms with Gasteiger partial charge in [0.2, 0.25) is 0 Å². The number of hydrogen-bond donors (Lipinski definition) is 3. The number of carboxylic acid groups (broad SMARTS) is 1. The molecule has 0 spiro atoms. The molecule has 0 radical (unpaired) electrons. The van der Waals surface area contributed by atoms with Gasteiger partial charge in [-0.15, -0.1) is 0 Å². The van der Waals surface area contributed by atoms with Crippen LogP contribution in [-0.4, -0.2) is 34.2 Å². The molecule has 0 aliphatic heterocycles. The van der Waals surface area contributed by atoms with Crippen molar-refractivity contribution in [2.75, 3.05) is 0 Å². The lowest BCUT2D eigenvalue weighted by Crippen LogP contribution is -2.40. The normalized spacial score (nSPS) is 25.7. The average molecular weight is 289 g/mol. The molecule has 2 fully saturated rings. The minimum absolute atomic E-state index is 0.102. The summed E-state index contributed by atoms with van der Waals surface area (Å²) in [5.74, 6) is -0.976. The van der Waals surface area contributed by atoms with E-state index in [2.05, 4.69) is 15.6 Å². The van der Waals surface area contributed by atoms with E-state index in [4.69, 9.17) is 5.11 Å². The molecule has 1 aromatic rings. The third-order valence-corrected chi connectivity index (χ3v) is 4.41. The maximum absolute atomic E-state index is 10.7. The van der Waals surface area contributed by atoms with E-state index in [1.165, 1.54) is 38.5 Å². The predicted molar refractivity (Wildman–Crippen MR) is 80.2 cm³/mol. The van der Waals surface area contributed by atoms with Crippen LogP contribution in [0.2, 0.25) is 0 Å². The first kappa shape index (κ1) is 14.5. The largest absolute Gasteiger partial charge is 0.477 e. The van der Waals surface area contributed by atoms with Crippen LogP contribution < -0.4 is 10.6 Å². The highest BCUT2D eigenvalue weighted by atomic mass is 16.4. The number of rotatable bonds is 6. The van der Waals surface area contributed by atoms with Crippen molar-refractivity contribution in [1.29, 1.82) is 0 Å². The third kappa shape index (κ3) is 4.25. The first-order valence-corrected chi connectivity index (χ1v) is 7.88. The molecule has 2 saturated carbocycles. The number of aromatic nitrogens is 1. The standard InChI is InChI=1S/C16H23N3O2/c20-16(21)15-8-1-11(10-18-15)9-17-12-2-4-13(5-3-12)19-14-6-7-14/h1,8,10,12-14,17,19H,2-7,9H2,(H,20,21). The van der Waals surface area contributed by atoms with Crippen LogP contribution >= 0.6 is 0 Å². The van der Waals surface area contributed by atoms with Crippen molar-refractivity contribution in [3.05, 3.63) is 29.6 Å². The second-order valence-corrected chi connectivity index (χ2v) is 6.23. The highest BCUT2D eigenvalue weighted by Crippen LogP contribution is 2.25. The summed E-state index contributed by atoms with van der Waals surface area (Å²) >= 11 is 0. The fourth-order valence-electron chi connectivity index (χ4n) is 2.97. The topological polar surface area (TPSA) is 74.2 Å². The number of nitrogens with zero attached hydrogens (tertiary/aromatic N) is 1. The van der Waals surface area contributed by atoms with E-state index >= 15 is 0 Å². The average Bonchev–Trinajstić information content (AvgIpc) is 3.31. The van der Waals surface area contributed by atoms with E-state index in [0.717, 1.165) is 18.2 Å². The summed E-state index contributed by atoms with van der Waals surface area (Å²) in [6, 6.07) is 5.49. The first-order valence-electron chi connectivity index (χ1n) is 7.88. The molecule has 21 heavy (non-hydrogen) atoms. The van der Waals surface area contributed by atoms with Gasteiger partial charge >= 0.3 is 5.97 Å². The summed E-state index contributed by atoms with van der Waals surface area (Å²) in [6.07, 6.45) is 9.30. The van der Waals surface area contributed by atoms with Crippen LogP contribution in [0.25, 0.3) is 0 Å². The number of aromatic carboxylic acids is 1. The van der Waals surface area contributed by atoms with Gasteiger partial charge in [-0.1, -0.05) is 6.07 Å². The van der Waals surface area contributed by atoms with Crippen molar-refractivity contribution in [2.24, 2.45) is 0 Å². The lowest BCUT2D eigenvalue weighted by atomic mass is 9.91. The predicted octanol–water partition coefficient (Wildman–Crippen LogP) is 1.93. The van der Waals surface area contributed by atoms with E-state index in [1.54, 1.807) is 12.3 Å². The molecule has 2 aliphatic carbocycles. The molecule has 2 aliphatic rings. The molecule has 3 rings (SSSR count). The molecule has 5 heteroatoms. The Morgan fingerprint density at radius 1 is 1.10 bits per heavy atom. The number of pyridine rings is 1. The number of carboxylic acids is 1. The van der Waals surface area contributed by atoms with Gasteiger partial charge in [-0.05, 0) is 50.2 Å². The molecule has 5 nitrogen and oxygen atoms in total. The summed E-state index contributed by atoms with van der Waals surface area (Å²) in [5, 5.41) is 16.1. The van der Waals surface area contributed by atoms with Gasteiger partial charge in [-0.25, -0.2) is 9.78 Å². The molecule has 114 valence electrons. The Morgan fingerprint density at radius 3 is 2.24 bits per heavy atom. The van der Waals surface area contributed by atoms with Gasteiger partial charge in [0.1, 0.15) is 5.69 Å². The molecule has 3 N–H and O–H groups in total. The van der Waals surface area contributed by atoms with Crippen LogP contribution in [0.3, 0.4) is 0 Å². The van der Waals surface area contributed by atoms with Crippen LogP contribution in [0.15, 0.2) is 18.3 Å². The van der Waals surface area contributed by atoms with Crippen molar-refractivity contribution in [3.63, 3.8) is 0 Å². The van der Waals surface area contributed by atoms with Gasteiger partial charge in [-0.2, -0.15) is 0 Å². The molecule has 0 bridgehead atoms. The molecule has 0 unspecified atom stereocenters. The van der Waals surface area contributed by atoms with Gasteiger partial charge in [0.05, 0.1) is 0 Å². The van der Waals surface area contributed by atoms with Crippen LogP contribution in [0.1, 0.15) is 54.6 Å². The highest BCUT2D eigenvalue weighted by Gasteiger charge is 2.27. The van der Waals surface area contributed by atoms with Gasteiger partial charge in [0, 0.05) is 30.9 Å². The van der Waals surface area contributed by atoms with Crippen molar-refractivity contribution in [2.45, 2.75) is 63.2 Å². The Bertz CT molecular complexity index is 477. The second kappa shape index (κ2) is 6.54. The molecule has 1 aromatic heterocycles. The van der Waals surface area contributed by atoms with E-state index < -0.39 is 5.97 Å². The Hall–Kier alpha value is -1.46. The van der Waals surface area contributed by atoms with Gasteiger partial charge < -0.3 is 15.7 Å². The monoisotopic (exact) mass is 289 g/mol. The number of carbonyl (C=O) groups is 1. The zero-order valence-electron chi connectivity index (χ0n) is 12.2. The minimum Gasteiger partial charge on any atom is -0.477 e. The summed E-state index contributed by atoms with van der Waals surface area (Å²) in [6.45, 7) is 0.762. The summed E-state index contributed by atoms with van der Waals surface area (Å²) in [4.78, 5) is 14.7. The van der Waals surface area contributed by atoms with E-state index in [1.807, 2.05) is 6.07 Å².